The molecule has 14 nitrogen and oxygen atoms in total. The molecular formula is C43H57N9O5Si. The minimum atomic E-state index is -1.34. The van der Waals surface area contributed by atoms with Crippen LogP contribution in [0.15, 0.2) is 55.1 Å². The zero-order valence-electron chi connectivity index (χ0n) is 35.3. The topological polar surface area (TPSA) is 164 Å². The van der Waals surface area contributed by atoms with Crippen molar-refractivity contribution in [3.05, 3.63) is 66.8 Å². The molecule has 2 N–H and O–H groups in total. The summed E-state index contributed by atoms with van der Waals surface area (Å²) in [6.45, 7) is 20.8. The molecule has 15 heteroatoms. The van der Waals surface area contributed by atoms with E-state index in [1.165, 1.54) is 0 Å². The molecule has 0 aliphatic carbocycles. The maximum atomic E-state index is 12.9. The van der Waals surface area contributed by atoms with E-state index in [-0.39, 0.29) is 18.9 Å². The maximum absolute atomic E-state index is 12.9. The number of carbonyl (C=O) groups is 2. The van der Waals surface area contributed by atoms with Crippen molar-refractivity contribution >= 4 is 31.4 Å². The van der Waals surface area contributed by atoms with Crippen LogP contribution in [0.5, 0.6) is 0 Å². The van der Waals surface area contributed by atoms with E-state index in [1.54, 1.807) is 22.2 Å². The highest BCUT2D eigenvalue weighted by atomic mass is 28.3. The summed E-state index contributed by atoms with van der Waals surface area (Å²) in [5.74, 6) is 1.43. The van der Waals surface area contributed by atoms with Crippen LogP contribution in [0.25, 0.3) is 44.9 Å². The minimum absolute atomic E-state index is 0.158. The van der Waals surface area contributed by atoms with Gasteiger partial charge in [0.1, 0.15) is 35.0 Å². The molecule has 2 fully saturated rings. The first kappa shape index (κ1) is 41.0. The third kappa shape index (κ3) is 8.24. The van der Waals surface area contributed by atoms with Gasteiger partial charge in [-0.25, -0.2) is 29.5 Å². The predicted octanol–water partition coefficient (Wildman–Crippen LogP) is 9.34. The summed E-state index contributed by atoms with van der Waals surface area (Å²) in [5.41, 5.74) is 4.16. The van der Waals surface area contributed by atoms with Crippen LogP contribution in [0, 0.1) is 5.41 Å². The number of imidazole rings is 2. The van der Waals surface area contributed by atoms with Gasteiger partial charge in [0, 0.05) is 56.9 Å². The molecule has 2 amide bonds. The SMILES string of the molecule is CC(C)(C)OC(=O)N1CCC[C@H]1c1nc(-c2ccc(-c3cnc4cc(-c5cnc([C@@]6(C(C)(C)C)CCCN6C(=O)O)n5COCC[Si](C)(C)C)cnc4n3)cc2)c[nH]1. The molecule has 7 rings (SSSR count). The van der Waals surface area contributed by atoms with Gasteiger partial charge in [-0.05, 0) is 64.0 Å². The van der Waals surface area contributed by atoms with Crippen molar-refractivity contribution < 1.29 is 24.2 Å². The average Bonchev–Trinajstić information content (AvgIpc) is 3.97. The standard InChI is InChI=1S/C43H57N9O5Si/c1-41(2,3)43(17-11-19-52(43)39(53)54)38-47-26-35(51(38)27-56-20-21-58(7,8)9)30-22-31-36(45-23-30)48-32(24-44-31)28-13-15-29(16-14-28)33-25-46-37(49-33)34-12-10-18-50(34)40(55)57-42(4,5)6/h13-16,22-26,34H,10-12,17-21,27H2,1-9H3,(H,46,49)(H,53,54)/t34-,43+/m0/s1. The van der Waals surface area contributed by atoms with Crippen molar-refractivity contribution in [2.45, 2.75) is 117 Å². The molecule has 1 aromatic carbocycles. The number of nitrogens with one attached hydrogen (secondary N) is 1. The lowest BCUT2D eigenvalue weighted by Gasteiger charge is -2.46. The van der Waals surface area contributed by atoms with E-state index in [0.29, 0.717) is 48.8 Å². The number of aromatic amines is 1. The summed E-state index contributed by atoms with van der Waals surface area (Å²) in [5, 5.41) is 10.4. The Kier molecular flexibility index (Phi) is 11.0. The normalized spacial score (nSPS) is 19.0. The molecule has 2 aliphatic rings. The van der Waals surface area contributed by atoms with E-state index < -0.39 is 30.7 Å². The Balaban J connectivity index is 1.14. The fourth-order valence-corrected chi connectivity index (χ4v) is 9.02. The summed E-state index contributed by atoms with van der Waals surface area (Å²) >= 11 is 0. The lowest BCUT2D eigenvalue weighted by atomic mass is 9.71. The quantitative estimate of drug-likeness (QED) is 0.103. The number of hydrogen-bond acceptors (Lipinski definition) is 9. The van der Waals surface area contributed by atoms with E-state index in [1.807, 2.05) is 68.1 Å². The molecular weight excluding hydrogens is 751 g/mol. The lowest BCUT2D eigenvalue weighted by molar-refractivity contribution is 0.00957. The number of carbonyl (C=O) groups excluding carboxylic acids is 1. The van der Waals surface area contributed by atoms with E-state index in [0.717, 1.165) is 59.2 Å². The number of nitrogens with zero attached hydrogens (tertiary/aromatic N) is 8. The van der Waals surface area contributed by atoms with Gasteiger partial charge in [0.15, 0.2) is 5.65 Å². The maximum Gasteiger partial charge on any atom is 0.410 e. The number of pyridine rings is 1. The Morgan fingerprint density at radius 2 is 1.64 bits per heavy atom. The molecule has 5 aromatic rings. The second-order valence-corrected chi connectivity index (χ2v) is 24.4. The van der Waals surface area contributed by atoms with Gasteiger partial charge < -0.3 is 24.1 Å². The van der Waals surface area contributed by atoms with Crippen LogP contribution in [0.2, 0.25) is 25.7 Å². The van der Waals surface area contributed by atoms with Gasteiger partial charge in [0.25, 0.3) is 0 Å². The first-order valence-corrected chi connectivity index (χ1v) is 24.0. The van der Waals surface area contributed by atoms with Gasteiger partial charge in [-0.2, -0.15) is 0 Å². The Morgan fingerprint density at radius 3 is 2.31 bits per heavy atom. The van der Waals surface area contributed by atoms with Crippen LogP contribution in [-0.4, -0.2) is 94.9 Å². The number of aromatic nitrogens is 7. The lowest BCUT2D eigenvalue weighted by Crippen LogP contribution is -2.54. The molecule has 0 spiro atoms. The third-order valence-corrected chi connectivity index (χ3v) is 13.0. The van der Waals surface area contributed by atoms with Crippen LogP contribution in [0.4, 0.5) is 9.59 Å². The van der Waals surface area contributed by atoms with Crippen LogP contribution >= 0.6 is 0 Å². The minimum Gasteiger partial charge on any atom is -0.465 e. The number of likely N-dealkylation sites (tertiary alicyclic amines) is 2. The molecule has 6 heterocycles. The Hall–Kier alpha value is -5.15. The third-order valence-electron chi connectivity index (χ3n) is 11.3. The van der Waals surface area contributed by atoms with E-state index >= 15 is 0 Å². The predicted molar refractivity (Wildman–Crippen MR) is 226 cm³/mol. The van der Waals surface area contributed by atoms with Crippen molar-refractivity contribution in [2.24, 2.45) is 5.41 Å². The Morgan fingerprint density at radius 1 is 0.914 bits per heavy atom. The average molecular weight is 808 g/mol. The first-order valence-electron chi connectivity index (χ1n) is 20.3. The van der Waals surface area contributed by atoms with E-state index in [9.17, 15) is 14.7 Å². The zero-order valence-corrected chi connectivity index (χ0v) is 36.3. The molecule has 58 heavy (non-hydrogen) atoms. The van der Waals surface area contributed by atoms with Crippen molar-refractivity contribution in [1.29, 1.82) is 0 Å². The summed E-state index contributed by atoms with van der Waals surface area (Å²) in [7, 11) is -1.34. The highest BCUT2D eigenvalue weighted by molar-refractivity contribution is 6.76. The van der Waals surface area contributed by atoms with Gasteiger partial charge in [-0.3, -0.25) is 14.8 Å². The Bertz CT molecular complexity index is 2290. The number of fused-ring (bicyclic) bond motifs is 1. The molecule has 2 aliphatic heterocycles. The van der Waals surface area contributed by atoms with Crippen molar-refractivity contribution in [1.82, 2.24) is 44.3 Å². The van der Waals surface area contributed by atoms with Crippen LogP contribution in [-0.2, 0) is 21.7 Å². The molecule has 0 bridgehead atoms. The number of benzene rings is 1. The number of amides is 2. The number of H-pyrrole nitrogens is 1. The molecule has 0 unspecified atom stereocenters. The molecule has 4 aromatic heterocycles. The van der Waals surface area contributed by atoms with Gasteiger partial charge in [0.2, 0.25) is 0 Å². The van der Waals surface area contributed by atoms with Crippen molar-refractivity contribution in [3.63, 3.8) is 0 Å². The molecule has 0 saturated carbocycles. The van der Waals surface area contributed by atoms with Crippen LogP contribution in [0.1, 0.15) is 84.9 Å². The second kappa shape index (κ2) is 15.5. The molecule has 2 atom stereocenters. The van der Waals surface area contributed by atoms with Crippen LogP contribution in [0.3, 0.4) is 0 Å². The Labute approximate surface area is 341 Å². The second-order valence-electron chi connectivity index (χ2n) is 18.8. The van der Waals surface area contributed by atoms with Crippen molar-refractivity contribution in [2.75, 3.05) is 19.7 Å². The number of rotatable bonds is 10. The molecule has 0 radical (unpaired) electrons. The van der Waals surface area contributed by atoms with Gasteiger partial charge in [-0.1, -0.05) is 64.7 Å². The smallest absolute Gasteiger partial charge is 0.410 e. The number of ether oxygens (including phenoxy) is 2. The fourth-order valence-electron chi connectivity index (χ4n) is 8.26. The highest BCUT2D eigenvalue weighted by Gasteiger charge is 2.56. The molecule has 308 valence electrons. The van der Waals surface area contributed by atoms with E-state index in [4.69, 9.17) is 34.4 Å². The fraction of sp³-hybridized carbons (Fsp3) is 0.512. The highest BCUT2D eigenvalue weighted by Crippen LogP contribution is 2.51. The zero-order chi connectivity index (χ0) is 41.6. The van der Waals surface area contributed by atoms with Gasteiger partial charge >= 0.3 is 12.2 Å². The summed E-state index contributed by atoms with van der Waals surface area (Å²) in [4.78, 5) is 56.5. The van der Waals surface area contributed by atoms with Crippen molar-refractivity contribution in [3.8, 4) is 33.8 Å². The van der Waals surface area contributed by atoms with E-state index in [2.05, 4.69) is 45.4 Å². The summed E-state index contributed by atoms with van der Waals surface area (Å²) < 4.78 is 14.0. The summed E-state index contributed by atoms with van der Waals surface area (Å²) in [6, 6.07) is 10.8. The first-order chi connectivity index (χ1) is 27.3. The largest absolute Gasteiger partial charge is 0.465 e. The van der Waals surface area contributed by atoms with Gasteiger partial charge in [-0.15, -0.1) is 0 Å². The number of hydrogen-bond donors (Lipinski definition) is 2. The summed E-state index contributed by atoms with van der Waals surface area (Å²) in [6.07, 6.45) is 9.08. The monoisotopic (exact) mass is 807 g/mol. The van der Waals surface area contributed by atoms with Gasteiger partial charge in [0.05, 0.1) is 35.5 Å². The molecule has 2 saturated heterocycles. The number of carboxylic acid groups (broad SMARTS) is 1. The van der Waals surface area contributed by atoms with Crippen LogP contribution < -0.4 is 0 Å².